The van der Waals surface area contributed by atoms with Gasteiger partial charge in [0.15, 0.2) is 0 Å². The molecule has 1 aromatic carbocycles. The van der Waals surface area contributed by atoms with Crippen LogP contribution in [0.15, 0.2) is 24.3 Å². The molecule has 1 rings (SSSR count). The molecule has 0 saturated heterocycles. The molecule has 1 aromatic rings. The van der Waals surface area contributed by atoms with Crippen molar-refractivity contribution in [2.75, 3.05) is 19.8 Å². The Morgan fingerprint density at radius 1 is 0.913 bits per heavy atom. The molecule has 1 atom stereocenters. The zero-order valence-corrected chi connectivity index (χ0v) is 14.4. The standard InChI is InChI=1S/C19H32O4/c1-2-3-4-5-6-7-8-9-13-22-18-11-10-12-19(14-18)23-16-17(21)15-20/h10-12,14,17,20-21H,2-9,13,15-16H2,1H3/t17-/m0/s1. The van der Waals surface area contributed by atoms with Gasteiger partial charge in [0.25, 0.3) is 0 Å². The second-order valence-electron chi connectivity index (χ2n) is 5.95. The maximum absolute atomic E-state index is 9.27. The van der Waals surface area contributed by atoms with Crippen molar-refractivity contribution in [2.45, 2.75) is 64.4 Å². The number of unbranched alkanes of at least 4 members (excludes halogenated alkanes) is 7. The van der Waals surface area contributed by atoms with Crippen molar-refractivity contribution in [3.8, 4) is 11.5 Å². The molecule has 0 radical (unpaired) electrons. The first-order valence-electron chi connectivity index (χ1n) is 8.90. The molecule has 0 bridgehead atoms. The Hall–Kier alpha value is -1.26. The molecule has 0 aromatic heterocycles. The normalized spacial score (nSPS) is 12.1. The van der Waals surface area contributed by atoms with Crippen molar-refractivity contribution in [3.63, 3.8) is 0 Å². The van der Waals surface area contributed by atoms with Gasteiger partial charge in [-0.15, -0.1) is 0 Å². The molecule has 0 spiro atoms. The Bertz CT molecular complexity index is 395. The second-order valence-corrected chi connectivity index (χ2v) is 5.95. The van der Waals surface area contributed by atoms with Gasteiger partial charge in [-0.25, -0.2) is 0 Å². The van der Waals surface area contributed by atoms with Crippen LogP contribution < -0.4 is 9.47 Å². The molecule has 23 heavy (non-hydrogen) atoms. The van der Waals surface area contributed by atoms with Crippen molar-refractivity contribution in [3.05, 3.63) is 24.3 Å². The van der Waals surface area contributed by atoms with E-state index >= 15 is 0 Å². The lowest BCUT2D eigenvalue weighted by molar-refractivity contribution is 0.0535. The first kappa shape index (κ1) is 19.8. The first-order chi connectivity index (χ1) is 11.3. The zero-order valence-electron chi connectivity index (χ0n) is 14.4. The molecule has 132 valence electrons. The van der Waals surface area contributed by atoms with Crippen LogP contribution in [-0.4, -0.2) is 36.1 Å². The molecule has 4 heteroatoms. The smallest absolute Gasteiger partial charge is 0.123 e. The lowest BCUT2D eigenvalue weighted by Crippen LogP contribution is -2.21. The van der Waals surface area contributed by atoms with Crippen LogP contribution >= 0.6 is 0 Å². The Kier molecular flexibility index (Phi) is 11.4. The minimum absolute atomic E-state index is 0.0813. The minimum atomic E-state index is -0.850. The van der Waals surface area contributed by atoms with Gasteiger partial charge in [0.1, 0.15) is 24.2 Å². The Labute approximate surface area is 140 Å². The summed E-state index contributed by atoms with van der Waals surface area (Å²) in [6, 6.07) is 7.39. The number of rotatable bonds is 14. The zero-order chi connectivity index (χ0) is 16.8. The summed E-state index contributed by atoms with van der Waals surface area (Å²) in [5, 5.41) is 18.0. The second kappa shape index (κ2) is 13.2. The lowest BCUT2D eigenvalue weighted by atomic mass is 10.1. The van der Waals surface area contributed by atoms with Gasteiger partial charge in [-0.05, 0) is 18.6 Å². The SMILES string of the molecule is CCCCCCCCCCOc1cccc(OC[C@@H](O)CO)c1. The number of hydrogen-bond acceptors (Lipinski definition) is 4. The lowest BCUT2D eigenvalue weighted by Gasteiger charge is -2.11. The highest BCUT2D eigenvalue weighted by Crippen LogP contribution is 2.20. The average Bonchev–Trinajstić information content (AvgIpc) is 2.58. The number of aliphatic hydroxyl groups excluding tert-OH is 2. The summed E-state index contributed by atoms with van der Waals surface area (Å²) in [5.41, 5.74) is 0. The Balaban J connectivity index is 2.10. The fourth-order valence-corrected chi connectivity index (χ4v) is 2.32. The van der Waals surface area contributed by atoms with E-state index in [1.807, 2.05) is 24.3 Å². The van der Waals surface area contributed by atoms with Gasteiger partial charge in [-0.3, -0.25) is 0 Å². The number of benzene rings is 1. The number of hydrogen-bond donors (Lipinski definition) is 2. The molecular weight excluding hydrogens is 292 g/mol. The highest BCUT2D eigenvalue weighted by atomic mass is 16.5. The third-order valence-electron chi connectivity index (χ3n) is 3.73. The predicted octanol–water partition coefficient (Wildman–Crippen LogP) is 3.94. The van der Waals surface area contributed by atoms with Crippen LogP contribution in [0.2, 0.25) is 0 Å². The van der Waals surface area contributed by atoms with Crippen LogP contribution in [0.4, 0.5) is 0 Å². The van der Waals surface area contributed by atoms with E-state index in [-0.39, 0.29) is 13.2 Å². The van der Waals surface area contributed by atoms with Crippen molar-refractivity contribution >= 4 is 0 Å². The molecule has 0 aliphatic carbocycles. The van der Waals surface area contributed by atoms with Gasteiger partial charge in [0, 0.05) is 6.07 Å². The molecular formula is C19H32O4. The van der Waals surface area contributed by atoms with E-state index in [1.54, 1.807) is 0 Å². The van der Waals surface area contributed by atoms with Crippen LogP contribution in [-0.2, 0) is 0 Å². The summed E-state index contributed by atoms with van der Waals surface area (Å²) in [4.78, 5) is 0. The van der Waals surface area contributed by atoms with Gasteiger partial charge < -0.3 is 19.7 Å². The van der Waals surface area contributed by atoms with E-state index in [0.717, 1.165) is 18.8 Å². The highest BCUT2D eigenvalue weighted by Gasteiger charge is 2.04. The van der Waals surface area contributed by atoms with Crippen molar-refractivity contribution in [1.82, 2.24) is 0 Å². The molecule has 4 nitrogen and oxygen atoms in total. The van der Waals surface area contributed by atoms with Gasteiger partial charge in [-0.2, -0.15) is 0 Å². The van der Waals surface area contributed by atoms with E-state index in [4.69, 9.17) is 14.6 Å². The van der Waals surface area contributed by atoms with Crippen LogP contribution in [0.25, 0.3) is 0 Å². The third-order valence-corrected chi connectivity index (χ3v) is 3.73. The molecule has 0 aliphatic rings. The van der Waals surface area contributed by atoms with E-state index in [9.17, 15) is 5.11 Å². The average molecular weight is 324 g/mol. The number of ether oxygens (including phenoxy) is 2. The third kappa shape index (κ3) is 10.2. The fraction of sp³-hybridized carbons (Fsp3) is 0.684. The van der Waals surface area contributed by atoms with Gasteiger partial charge in [-0.1, -0.05) is 57.9 Å². The van der Waals surface area contributed by atoms with Gasteiger partial charge in [0.2, 0.25) is 0 Å². The Morgan fingerprint density at radius 2 is 1.52 bits per heavy atom. The number of aliphatic hydroxyl groups is 2. The van der Waals surface area contributed by atoms with Crippen molar-refractivity contribution in [1.29, 1.82) is 0 Å². The van der Waals surface area contributed by atoms with Gasteiger partial charge >= 0.3 is 0 Å². The largest absolute Gasteiger partial charge is 0.493 e. The molecule has 0 saturated carbocycles. The maximum atomic E-state index is 9.27. The van der Waals surface area contributed by atoms with Gasteiger partial charge in [0.05, 0.1) is 13.2 Å². The summed E-state index contributed by atoms with van der Waals surface area (Å²) in [5.74, 6) is 1.43. The summed E-state index contributed by atoms with van der Waals surface area (Å²) < 4.78 is 11.1. The van der Waals surface area contributed by atoms with E-state index in [2.05, 4.69) is 6.92 Å². The highest BCUT2D eigenvalue weighted by molar-refractivity contribution is 5.32. The van der Waals surface area contributed by atoms with Crippen molar-refractivity contribution in [2.24, 2.45) is 0 Å². The molecule has 0 fully saturated rings. The van der Waals surface area contributed by atoms with E-state index in [1.165, 1.54) is 44.9 Å². The molecule has 2 N–H and O–H groups in total. The molecule has 0 aliphatic heterocycles. The topological polar surface area (TPSA) is 58.9 Å². The molecule has 0 amide bonds. The van der Waals surface area contributed by atoms with E-state index in [0.29, 0.717) is 5.75 Å². The predicted molar refractivity (Wildman–Crippen MR) is 93.1 cm³/mol. The van der Waals surface area contributed by atoms with Crippen LogP contribution in [0.1, 0.15) is 58.3 Å². The van der Waals surface area contributed by atoms with Crippen LogP contribution in [0, 0.1) is 0 Å². The summed E-state index contributed by atoms with van der Waals surface area (Å²) in [6.07, 6.45) is 9.43. The van der Waals surface area contributed by atoms with E-state index < -0.39 is 6.10 Å². The minimum Gasteiger partial charge on any atom is -0.493 e. The molecule has 0 unspecified atom stereocenters. The maximum Gasteiger partial charge on any atom is 0.123 e. The summed E-state index contributed by atoms with van der Waals surface area (Å²) >= 11 is 0. The fourth-order valence-electron chi connectivity index (χ4n) is 2.32. The first-order valence-corrected chi connectivity index (χ1v) is 8.90. The summed E-state index contributed by atoms with van der Waals surface area (Å²) in [7, 11) is 0. The molecule has 0 heterocycles. The van der Waals surface area contributed by atoms with Crippen LogP contribution in [0.3, 0.4) is 0 Å². The van der Waals surface area contributed by atoms with Crippen molar-refractivity contribution < 1.29 is 19.7 Å². The summed E-state index contributed by atoms with van der Waals surface area (Å²) in [6.45, 7) is 2.75. The quantitative estimate of drug-likeness (QED) is 0.509. The Morgan fingerprint density at radius 3 is 2.17 bits per heavy atom. The monoisotopic (exact) mass is 324 g/mol. The van der Waals surface area contributed by atoms with Crippen LogP contribution in [0.5, 0.6) is 11.5 Å².